The van der Waals surface area contributed by atoms with Crippen LogP contribution in [0.4, 0.5) is 11.4 Å². The first-order valence-corrected chi connectivity index (χ1v) is 10.00. The number of methoxy groups -OCH3 is 1. The van der Waals surface area contributed by atoms with Crippen molar-refractivity contribution < 1.29 is 19.1 Å². The predicted molar refractivity (Wildman–Crippen MR) is 109 cm³/mol. The van der Waals surface area contributed by atoms with Crippen LogP contribution in [-0.4, -0.2) is 35.8 Å². The zero-order valence-corrected chi connectivity index (χ0v) is 16.9. The summed E-state index contributed by atoms with van der Waals surface area (Å²) in [4.78, 5) is 38.2. The van der Waals surface area contributed by atoms with E-state index in [4.69, 9.17) is 4.74 Å². The molecule has 0 aliphatic carbocycles. The van der Waals surface area contributed by atoms with Crippen LogP contribution in [0.1, 0.15) is 6.42 Å². The Balaban J connectivity index is 1.59. The smallest absolute Gasteiger partial charge is 0.247 e. The molecule has 1 aliphatic heterocycles. The molecule has 1 heterocycles. The van der Waals surface area contributed by atoms with Crippen LogP contribution in [0.5, 0.6) is 5.75 Å². The molecule has 2 aromatic carbocycles. The molecule has 0 bridgehead atoms. The zero-order valence-electron chi connectivity index (χ0n) is 14.5. The highest BCUT2D eigenvalue weighted by Crippen LogP contribution is 2.31. The molecular formula is C19H17BrN2O4S. The summed E-state index contributed by atoms with van der Waals surface area (Å²) < 4.78 is 6.06. The van der Waals surface area contributed by atoms with Gasteiger partial charge >= 0.3 is 0 Å². The maximum atomic E-state index is 12.6. The molecule has 8 heteroatoms. The lowest BCUT2D eigenvalue weighted by Gasteiger charge is -2.15. The molecule has 1 fully saturated rings. The minimum Gasteiger partial charge on any atom is -0.497 e. The van der Waals surface area contributed by atoms with E-state index in [0.717, 1.165) is 9.37 Å². The van der Waals surface area contributed by atoms with E-state index in [9.17, 15) is 14.4 Å². The van der Waals surface area contributed by atoms with Crippen LogP contribution in [0.2, 0.25) is 0 Å². The first kappa shape index (κ1) is 19.4. The molecule has 3 amide bonds. The fourth-order valence-electron chi connectivity index (χ4n) is 2.66. The van der Waals surface area contributed by atoms with Crippen molar-refractivity contribution in [3.05, 3.63) is 53.0 Å². The van der Waals surface area contributed by atoms with Gasteiger partial charge in [0.25, 0.3) is 0 Å². The monoisotopic (exact) mass is 448 g/mol. The van der Waals surface area contributed by atoms with Crippen molar-refractivity contribution in [2.75, 3.05) is 23.1 Å². The number of imide groups is 1. The highest BCUT2D eigenvalue weighted by molar-refractivity contribution is 9.10. The summed E-state index contributed by atoms with van der Waals surface area (Å²) in [5, 5.41) is 2.20. The van der Waals surface area contributed by atoms with E-state index in [0.29, 0.717) is 17.1 Å². The van der Waals surface area contributed by atoms with Crippen LogP contribution in [0, 0.1) is 0 Å². The first-order chi connectivity index (χ1) is 13.0. The number of amides is 3. The average Bonchev–Trinajstić information content (AvgIpc) is 2.95. The molecule has 0 radical (unpaired) electrons. The number of benzene rings is 2. The van der Waals surface area contributed by atoms with Crippen molar-refractivity contribution in [1.82, 2.24) is 0 Å². The standard InChI is InChI=1S/C19H17BrN2O4S/c1-26-15-4-2-3-14(9-15)22-18(24)10-16(19(22)25)27-11-17(23)21-13-7-5-12(20)6-8-13/h2-9,16H,10-11H2,1H3,(H,21,23)/t16-/m0/s1. The molecule has 3 rings (SSSR count). The molecule has 0 unspecified atom stereocenters. The fraction of sp³-hybridized carbons (Fsp3) is 0.211. The molecule has 1 atom stereocenters. The van der Waals surface area contributed by atoms with Gasteiger partial charge in [0.15, 0.2) is 0 Å². The number of carbonyl (C=O) groups excluding carboxylic acids is 3. The van der Waals surface area contributed by atoms with Crippen LogP contribution in [-0.2, 0) is 14.4 Å². The Kier molecular flexibility index (Phi) is 6.18. The van der Waals surface area contributed by atoms with Gasteiger partial charge in [0.2, 0.25) is 17.7 Å². The molecular weight excluding hydrogens is 432 g/mol. The van der Waals surface area contributed by atoms with Crippen molar-refractivity contribution in [2.24, 2.45) is 0 Å². The lowest BCUT2D eigenvalue weighted by Crippen LogP contribution is -2.31. The van der Waals surface area contributed by atoms with Gasteiger partial charge in [0, 0.05) is 22.6 Å². The predicted octanol–water partition coefficient (Wildman–Crippen LogP) is 3.46. The van der Waals surface area contributed by atoms with Crippen molar-refractivity contribution in [2.45, 2.75) is 11.7 Å². The second-order valence-electron chi connectivity index (χ2n) is 5.83. The Morgan fingerprint density at radius 3 is 2.70 bits per heavy atom. The summed E-state index contributed by atoms with van der Waals surface area (Å²) in [7, 11) is 1.52. The Hall–Kier alpha value is -2.32. The Morgan fingerprint density at radius 2 is 2.00 bits per heavy atom. The van der Waals surface area contributed by atoms with Gasteiger partial charge in [-0.1, -0.05) is 22.0 Å². The van der Waals surface area contributed by atoms with Gasteiger partial charge in [0.05, 0.1) is 23.8 Å². The second kappa shape index (κ2) is 8.58. The summed E-state index contributed by atoms with van der Waals surface area (Å²) in [6, 6.07) is 14.0. The summed E-state index contributed by atoms with van der Waals surface area (Å²) in [5.74, 6) is -0.152. The van der Waals surface area contributed by atoms with Crippen molar-refractivity contribution in [3.8, 4) is 5.75 Å². The topological polar surface area (TPSA) is 75.7 Å². The van der Waals surface area contributed by atoms with Crippen LogP contribution in [0.25, 0.3) is 0 Å². The molecule has 140 valence electrons. The minimum absolute atomic E-state index is 0.0757. The Bertz CT molecular complexity index is 872. The maximum absolute atomic E-state index is 12.6. The maximum Gasteiger partial charge on any atom is 0.247 e. The number of hydrogen-bond donors (Lipinski definition) is 1. The van der Waals surface area contributed by atoms with Crippen molar-refractivity contribution >= 4 is 56.8 Å². The second-order valence-corrected chi connectivity index (χ2v) is 7.93. The van der Waals surface area contributed by atoms with Gasteiger partial charge in [-0.15, -0.1) is 11.8 Å². The van der Waals surface area contributed by atoms with E-state index in [1.54, 1.807) is 36.4 Å². The van der Waals surface area contributed by atoms with Crippen LogP contribution < -0.4 is 15.0 Å². The lowest BCUT2D eigenvalue weighted by molar-refractivity contribution is -0.121. The van der Waals surface area contributed by atoms with Crippen molar-refractivity contribution in [1.29, 1.82) is 0 Å². The molecule has 1 aliphatic rings. The third-order valence-electron chi connectivity index (χ3n) is 3.96. The first-order valence-electron chi connectivity index (χ1n) is 8.16. The van der Waals surface area contributed by atoms with Gasteiger partial charge < -0.3 is 10.1 Å². The molecule has 2 aromatic rings. The number of thioether (sulfide) groups is 1. The van der Waals surface area contributed by atoms with E-state index < -0.39 is 5.25 Å². The van der Waals surface area contributed by atoms with E-state index in [1.807, 2.05) is 12.1 Å². The summed E-state index contributed by atoms with van der Waals surface area (Å²) in [5.41, 5.74) is 1.15. The van der Waals surface area contributed by atoms with Gasteiger partial charge in [-0.25, -0.2) is 4.90 Å². The van der Waals surface area contributed by atoms with Crippen LogP contribution in [0.3, 0.4) is 0 Å². The van der Waals surface area contributed by atoms with Crippen LogP contribution in [0.15, 0.2) is 53.0 Å². The fourth-order valence-corrected chi connectivity index (χ4v) is 3.86. The largest absolute Gasteiger partial charge is 0.497 e. The summed E-state index contributed by atoms with van der Waals surface area (Å²) in [6.45, 7) is 0. The van der Waals surface area contributed by atoms with Gasteiger partial charge in [0.1, 0.15) is 5.75 Å². The molecule has 27 heavy (non-hydrogen) atoms. The third-order valence-corrected chi connectivity index (χ3v) is 5.69. The third kappa shape index (κ3) is 4.70. The summed E-state index contributed by atoms with van der Waals surface area (Å²) in [6.07, 6.45) is 0.0757. The van der Waals surface area contributed by atoms with Gasteiger partial charge in [-0.2, -0.15) is 0 Å². The van der Waals surface area contributed by atoms with Gasteiger partial charge in [-0.3, -0.25) is 14.4 Å². The number of hydrogen-bond acceptors (Lipinski definition) is 5. The van der Waals surface area contributed by atoms with E-state index in [2.05, 4.69) is 21.2 Å². The van der Waals surface area contributed by atoms with E-state index in [-0.39, 0.29) is 29.9 Å². The Labute approximate surface area is 169 Å². The zero-order chi connectivity index (χ0) is 19.4. The van der Waals surface area contributed by atoms with E-state index >= 15 is 0 Å². The molecule has 6 nitrogen and oxygen atoms in total. The minimum atomic E-state index is -0.570. The molecule has 1 N–H and O–H groups in total. The molecule has 1 saturated heterocycles. The molecule has 0 saturated carbocycles. The quantitative estimate of drug-likeness (QED) is 0.684. The van der Waals surface area contributed by atoms with E-state index in [1.165, 1.54) is 18.9 Å². The number of nitrogens with zero attached hydrogens (tertiary/aromatic N) is 1. The number of ether oxygens (including phenoxy) is 1. The van der Waals surface area contributed by atoms with Crippen LogP contribution >= 0.6 is 27.7 Å². The highest BCUT2D eigenvalue weighted by atomic mass is 79.9. The lowest BCUT2D eigenvalue weighted by atomic mass is 10.3. The number of rotatable bonds is 6. The van der Waals surface area contributed by atoms with Crippen molar-refractivity contribution in [3.63, 3.8) is 0 Å². The summed E-state index contributed by atoms with van der Waals surface area (Å²) >= 11 is 4.50. The SMILES string of the molecule is COc1cccc(N2C(=O)C[C@H](SCC(=O)Nc3ccc(Br)cc3)C2=O)c1. The average molecular weight is 449 g/mol. The normalized spacial score (nSPS) is 16.5. The number of nitrogens with one attached hydrogen (secondary N) is 1. The molecule has 0 aromatic heterocycles. The number of carbonyl (C=O) groups is 3. The number of anilines is 2. The van der Waals surface area contributed by atoms with Gasteiger partial charge in [-0.05, 0) is 36.4 Å². The Morgan fingerprint density at radius 1 is 1.26 bits per heavy atom. The number of halogens is 1. The molecule has 0 spiro atoms. The highest BCUT2D eigenvalue weighted by Gasteiger charge is 2.40.